The Morgan fingerprint density at radius 3 is 2.50 bits per heavy atom. The molecule has 1 atom stereocenters. The zero-order valence-electron chi connectivity index (χ0n) is 16.6. The standard InChI is InChI=1S/C21H24ClN3O4S/c22-16-8-6-14(7-9-16)18-23-19(29-24-18)17-10-11-30(27,28)21(17)12-25(13-21)20(26)15-4-2-1-3-5-15/h6-9,15,17H,1-5,10-13H2. The van der Waals surface area contributed by atoms with E-state index in [1.54, 1.807) is 29.2 Å². The highest BCUT2D eigenvalue weighted by Gasteiger charge is 2.64. The number of halogens is 1. The van der Waals surface area contributed by atoms with Gasteiger partial charge in [-0.2, -0.15) is 4.98 Å². The van der Waals surface area contributed by atoms with Crippen molar-refractivity contribution in [3.8, 4) is 11.4 Å². The van der Waals surface area contributed by atoms with Crippen LogP contribution >= 0.6 is 11.6 Å². The summed E-state index contributed by atoms with van der Waals surface area (Å²) >= 11 is 5.94. The third-order valence-electron chi connectivity index (χ3n) is 6.96. The predicted octanol–water partition coefficient (Wildman–Crippen LogP) is 3.45. The van der Waals surface area contributed by atoms with E-state index in [-0.39, 0.29) is 36.6 Å². The highest BCUT2D eigenvalue weighted by Crippen LogP contribution is 2.50. The average Bonchev–Trinajstić information content (AvgIpc) is 3.29. The van der Waals surface area contributed by atoms with Crippen molar-refractivity contribution in [1.82, 2.24) is 15.0 Å². The van der Waals surface area contributed by atoms with Gasteiger partial charge in [-0.15, -0.1) is 0 Å². The van der Waals surface area contributed by atoms with E-state index in [0.717, 1.165) is 31.2 Å². The van der Waals surface area contributed by atoms with Crippen molar-refractivity contribution >= 4 is 27.3 Å². The number of benzene rings is 1. The van der Waals surface area contributed by atoms with Crippen LogP contribution < -0.4 is 0 Å². The van der Waals surface area contributed by atoms with Crippen molar-refractivity contribution in [1.29, 1.82) is 0 Å². The molecule has 1 aliphatic carbocycles. The number of nitrogens with zero attached hydrogens (tertiary/aromatic N) is 3. The van der Waals surface area contributed by atoms with Crippen LogP contribution in [0.4, 0.5) is 0 Å². The highest BCUT2D eigenvalue weighted by atomic mass is 35.5. The van der Waals surface area contributed by atoms with E-state index >= 15 is 0 Å². The Labute approximate surface area is 180 Å². The molecule has 160 valence electrons. The first-order chi connectivity index (χ1) is 14.4. The topological polar surface area (TPSA) is 93.4 Å². The first-order valence-corrected chi connectivity index (χ1v) is 12.5. The van der Waals surface area contributed by atoms with Crippen LogP contribution in [-0.4, -0.2) is 53.0 Å². The summed E-state index contributed by atoms with van der Waals surface area (Å²) < 4.78 is 30.4. The molecule has 1 spiro atoms. The third-order valence-corrected chi connectivity index (χ3v) is 9.76. The SMILES string of the molecule is O=C(C1CCCCC1)N1CC2(C1)C(c1nc(-c3ccc(Cl)cc3)no1)CCS2(=O)=O. The van der Waals surface area contributed by atoms with Gasteiger partial charge in [0.2, 0.25) is 17.6 Å². The molecule has 3 aliphatic rings. The second-order valence-corrected chi connectivity index (χ2v) is 11.6. The van der Waals surface area contributed by atoms with Gasteiger partial charge in [0, 0.05) is 29.6 Å². The molecule has 1 aromatic heterocycles. The molecule has 1 saturated carbocycles. The Balaban J connectivity index is 1.37. The Morgan fingerprint density at radius 1 is 1.10 bits per heavy atom. The van der Waals surface area contributed by atoms with Crippen LogP contribution in [0.3, 0.4) is 0 Å². The van der Waals surface area contributed by atoms with E-state index in [9.17, 15) is 13.2 Å². The van der Waals surface area contributed by atoms with Crippen LogP contribution in [0.15, 0.2) is 28.8 Å². The summed E-state index contributed by atoms with van der Waals surface area (Å²) in [6, 6.07) is 7.09. The molecule has 1 unspecified atom stereocenters. The van der Waals surface area contributed by atoms with Gasteiger partial charge >= 0.3 is 0 Å². The van der Waals surface area contributed by atoms with Crippen molar-refractivity contribution in [3.05, 3.63) is 35.2 Å². The minimum atomic E-state index is -3.34. The summed E-state index contributed by atoms with van der Waals surface area (Å²) in [5.74, 6) is 0.599. The lowest BCUT2D eigenvalue weighted by molar-refractivity contribution is -0.142. The van der Waals surface area contributed by atoms with Crippen LogP contribution in [0, 0.1) is 5.92 Å². The van der Waals surface area contributed by atoms with Crippen LogP contribution in [0.5, 0.6) is 0 Å². The number of hydrogen-bond donors (Lipinski definition) is 0. The molecule has 1 aromatic carbocycles. The Kier molecular flexibility index (Phi) is 4.89. The molecule has 2 aliphatic heterocycles. The van der Waals surface area contributed by atoms with Crippen LogP contribution in [0.2, 0.25) is 5.02 Å². The third kappa shape index (κ3) is 3.15. The summed E-state index contributed by atoms with van der Waals surface area (Å²) in [6.07, 6.45) is 5.59. The fourth-order valence-electron chi connectivity index (χ4n) is 5.18. The highest BCUT2D eigenvalue weighted by molar-refractivity contribution is 7.93. The van der Waals surface area contributed by atoms with Crippen molar-refractivity contribution in [2.24, 2.45) is 5.92 Å². The van der Waals surface area contributed by atoms with Gasteiger partial charge in [0.1, 0.15) is 4.75 Å². The van der Waals surface area contributed by atoms with Crippen LogP contribution in [-0.2, 0) is 14.6 Å². The second kappa shape index (κ2) is 7.34. The van der Waals surface area contributed by atoms with Crippen molar-refractivity contribution in [3.63, 3.8) is 0 Å². The molecule has 0 radical (unpaired) electrons. The molecule has 30 heavy (non-hydrogen) atoms. The first-order valence-electron chi connectivity index (χ1n) is 10.5. The second-order valence-electron chi connectivity index (χ2n) is 8.72. The number of likely N-dealkylation sites (tertiary alicyclic amines) is 1. The van der Waals surface area contributed by atoms with E-state index in [2.05, 4.69) is 10.1 Å². The Bertz CT molecular complexity index is 1050. The molecule has 0 bridgehead atoms. The largest absolute Gasteiger partial charge is 0.339 e. The molecule has 9 heteroatoms. The van der Waals surface area contributed by atoms with E-state index in [1.165, 1.54) is 6.42 Å². The summed E-state index contributed by atoms with van der Waals surface area (Å²) in [6.45, 7) is 0.460. The van der Waals surface area contributed by atoms with Crippen LogP contribution in [0.25, 0.3) is 11.4 Å². The number of rotatable bonds is 3. The molecule has 3 fully saturated rings. The van der Waals surface area contributed by atoms with Gasteiger partial charge in [-0.05, 0) is 43.5 Å². The number of hydrogen-bond acceptors (Lipinski definition) is 6. The van der Waals surface area contributed by atoms with Crippen LogP contribution in [0.1, 0.15) is 50.3 Å². The predicted molar refractivity (Wildman–Crippen MR) is 112 cm³/mol. The quantitative estimate of drug-likeness (QED) is 0.712. The number of sulfone groups is 1. The number of carbonyl (C=O) groups is 1. The Hall–Kier alpha value is -1.93. The van der Waals surface area contributed by atoms with E-state index in [4.69, 9.17) is 16.1 Å². The Morgan fingerprint density at radius 2 is 1.80 bits per heavy atom. The lowest BCUT2D eigenvalue weighted by Gasteiger charge is -2.50. The molecule has 2 saturated heterocycles. The zero-order valence-corrected chi connectivity index (χ0v) is 18.2. The summed E-state index contributed by atoms with van der Waals surface area (Å²) in [5.41, 5.74) is 0.756. The maximum absolute atomic E-state index is 13.0. The maximum Gasteiger partial charge on any atom is 0.231 e. The first kappa shape index (κ1) is 20.0. The van der Waals surface area contributed by atoms with E-state index in [1.807, 2.05) is 0 Å². The molecule has 7 nitrogen and oxygen atoms in total. The molecular formula is C21H24ClN3O4S. The molecule has 5 rings (SSSR count). The number of aromatic nitrogens is 2. The summed E-state index contributed by atoms with van der Waals surface area (Å²) in [7, 11) is -3.34. The molecule has 0 N–H and O–H groups in total. The minimum Gasteiger partial charge on any atom is -0.339 e. The summed E-state index contributed by atoms with van der Waals surface area (Å²) in [5, 5.41) is 4.67. The van der Waals surface area contributed by atoms with Crippen molar-refractivity contribution in [2.45, 2.75) is 49.2 Å². The smallest absolute Gasteiger partial charge is 0.231 e. The molecular weight excluding hydrogens is 426 g/mol. The van der Waals surface area contributed by atoms with E-state index < -0.39 is 14.6 Å². The van der Waals surface area contributed by atoms with E-state index in [0.29, 0.717) is 23.2 Å². The number of amides is 1. The van der Waals surface area contributed by atoms with Gasteiger partial charge in [0.25, 0.3) is 0 Å². The fourth-order valence-corrected chi connectivity index (χ4v) is 7.61. The molecule has 2 aromatic rings. The molecule has 1 amide bonds. The normalized spacial score (nSPS) is 25.4. The lowest BCUT2D eigenvalue weighted by atomic mass is 9.81. The average molecular weight is 450 g/mol. The maximum atomic E-state index is 13.0. The van der Waals surface area contributed by atoms with Crippen molar-refractivity contribution < 1.29 is 17.7 Å². The summed E-state index contributed by atoms with van der Waals surface area (Å²) in [4.78, 5) is 19.1. The zero-order chi connectivity index (χ0) is 20.9. The minimum absolute atomic E-state index is 0.0403. The van der Waals surface area contributed by atoms with Crippen molar-refractivity contribution in [2.75, 3.05) is 18.8 Å². The van der Waals surface area contributed by atoms with Gasteiger partial charge in [-0.1, -0.05) is 36.0 Å². The lowest BCUT2D eigenvalue weighted by Crippen LogP contribution is -2.68. The molecule has 3 heterocycles. The van der Waals surface area contributed by atoms with Gasteiger partial charge in [0.05, 0.1) is 11.7 Å². The monoisotopic (exact) mass is 449 g/mol. The van der Waals surface area contributed by atoms with Gasteiger partial charge in [-0.3, -0.25) is 4.79 Å². The number of carbonyl (C=O) groups excluding carboxylic acids is 1. The fraction of sp³-hybridized carbons (Fsp3) is 0.571. The van der Waals surface area contributed by atoms with Gasteiger partial charge in [0.15, 0.2) is 9.84 Å². The van der Waals surface area contributed by atoms with Gasteiger partial charge in [-0.25, -0.2) is 8.42 Å². The van der Waals surface area contributed by atoms with Gasteiger partial charge < -0.3 is 9.42 Å².